The molecular weight excluding hydrogens is 536 g/mol. The molecule has 0 aliphatic carbocycles. The lowest BCUT2D eigenvalue weighted by Crippen LogP contribution is -2.19. The van der Waals surface area contributed by atoms with E-state index in [2.05, 4.69) is 26.8 Å². The summed E-state index contributed by atoms with van der Waals surface area (Å²) in [7, 11) is 3.07. The van der Waals surface area contributed by atoms with Crippen molar-refractivity contribution in [2.75, 3.05) is 25.7 Å². The predicted octanol–water partition coefficient (Wildman–Crippen LogP) is 3.11. The number of hydrogen-bond donors (Lipinski definition) is 3. The minimum Gasteiger partial charge on any atom is -0.493 e. The van der Waals surface area contributed by atoms with Crippen LogP contribution in [0.2, 0.25) is 0 Å². The van der Waals surface area contributed by atoms with Gasteiger partial charge in [0.25, 0.3) is 0 Å². The van der Waals surface area contributed by atoms with Gasteiger partial charge in [0.1, 0.15) is 11.4 Å². The molecule has 0 unspecified atom stereocenters. The Bertz CT molecular complexity index is 1940. The minimum atomic E-state index is -1.29. The Kier molecular flexibility index (Phi) is 7.70. The van der Waals surface area contributed by atoms with Crippen molar-refractivity contribution in [2.45, 2.75) is 13.0 Å². The van der Waals surface area contributed by atoms with Gasteiger partial charge in [-0.15, -0.1) is 0 Å². The number of nitrogen functional groups attached to an aromatic ring is 2. The first-order chi connectivity index (χ1) is 20.3. The molecule has 0 saturated heterocycles. The SMILES string of the molecule is COc1cc(Cc2cnc(N)nc2N)cc(C#Cc2ccc3c(=O)c(C(=O)O)cn(Cc4ccncc4)c3c2)c1OC. The number of carboxylic acid groups (broad SMARTS) is 1. The highest BCUT2D eigenvalue weighted by Gasteiger charge is 2.16. The van der Waals surface area contributed by atoms with Crippen molar-refractivity contribution in [2.24, 2.45) is 0 Å². The van der Waals surface area contributed by atoms with E-state index in [0.29, 0.717) is 46.7 Å². The number of nitrogens with two attached hydrogens (primary N) is 2. The topological polar surface area (TPSA) is 168 Å². The summed E-state index contributed by atoms with van der Waals surface area (Å²) in [5, 5.41) is 9.91. The maximum absolute atomic E-state index is 13.0. The van der Waals surface area contributed by atoms with Crippen molar-refractivity contribution in [1.82, 2.24) is 19.5 Å². The highest BCUT2D eigenvalue weighted by Crippen LogP contribution is 2.33. The maximum Gasteiger partial charge on any atom is 0.341 e. The van der Waals surface area contributed by atoms with E-state index in [-0.39, 0.29) is 22.7 Å². The number of carbonyl (C=O) groups is 1. The summed E-state index contributed by atoms with van der Waals surface area (Å²) in [6.45, 7) is 0.335. The van der Waals surface area contributed by atoms with Gasteiger partial charge in [0.05, 0.1) is 25.3 Å². The average molecular weight is 563 g/mol. The minimum absolute atomic E-state index is 0.0934. The van der Waals surface area contributed by atoms with Gasteiger partial charge in [-0.25, -0.2) is 9.78 Å². The number of anilines is 2. The molecule has 0 atom stereocenters. The fourth-order valence-corrected chi connectivity index (χ4v) is 4.58. The molecule has 0 radical (unpaired) electrons. The third-order valence-electron chi connectivity index (χ3n) is 6.61. The molecule has 5 N–H and O–H groups in total. The van der Waals surface area contributed by atoms with Crippen LogP contribution in [0, 0.1) is 11.8 Å². The lowest BCUT2D eigenvalue weighted by Gasteiger charge is -2.13. The van der Waals surface area contributed by atoms with Crippen LogP contribution in [-0.4, -0.2) is 44.8 Å². The zero-order valence-corrected chi connectivity index (χ0v) is 22.8. The summed E-state index contributed by atoms with van der Waals surface area (Å²) in [6, 6.07) is 12.4. The molecule has 5 aromatic rings. The fraction of sp³-hybridized carbons (Fsp3) is 0.129. The second kappa shape index (κ2) is 11.7. The molecule has 5 rings (SSSR count). The van der Waals surface area contributed by atoms with E-state index in [0.717, 1.165) is 11.1 Å². The van der Waals surface area contributed by atoms with Crippen LogP contribution in [0.5, 0.6) is 11.5 Å². The number of methoxy groups -OCH3 is 2. The Morgan fingerprint density at radius 1 is 1.02 bits per heavy atom. The van der Waals surface area contributed by atoms with E-state index in [9.17, 15) is 14.7 Å². The van der Waals surface area contributed by atoms with E-state index >= 15 is 0 Å². The highest BCUT2D eigenvalue weighted by molar-refractivity contribution is 5.93. The summed E-state index contributed by atoms with van der Waals surface area (Å²) in [6.07, 6.45) is 6.65. The number of aromatic carboxylic acids is 1. The molecule has 0 bridgehead atoms. The van der Waals surface area contributed by atoms with Crippen molar-refractivity contribution >= 4 is 28.6 Å². The average Bonchev–Trinajstić information content (AvgIpc) is 2.98. The maximum atomic E-state index is 13.0. The van der Waals surface area contributed by atoms with Crippen LogP contribution < -0.4 is 26.4 Å². The van der Waals surface area contributed by atoms with E-state index in [1.807, 2.05) is 24.3 Å². The number of pyridine rings is 2. The predicted molar refractivity (Wildman–Crippen MR) is 158 cm³/mol. The summed E-state index contributed by atoms with van der Waals surface area (Å²) < 4.78 is 12.9. The molecule has 0 spiro atoms. The van der Waals surface area contributed by atoms with Crippen molar-refractivity contribution in [3.63, 3.8) is 0 Å². The third-order valence-corrected chi connectivity index (χ3v) is 6.61. The number of nitrogens with zero attached hydrogens (tertiary/aromatic N) is 4. The first-order valence-corrected chi connectivity index (χ1v) is 12.7. The largest absolute Gasteiger partial charge is 0.493 e. The lowest BCUT2D eigenvalue weighted by molar-refractivity contribution is 0.0695. The quantitative estimate of drug-likeness (QED) is 0.251. The Labute approximate surface area is 240 Å². The molecule has 0 amide bonds. The van der Waals surface area contributed by atoms with Crippen molar-refractivity contribution in [1.29, 1.82) is 0 Å². The van der Waals surface area contributed by atoms with Crippen molar-refractivity contribution in [3.05, 3.63) is 111 Å². The summed E-state index contributed by atoms with van der Waals surface area (Å²) in [5.74, 6) is 6.33. The molecule has 0 aliphatic heterocycles. The number of aromatic nitrogens is 4. The lowest BCUT2D eigenvalue weighted by atomic mass is 10.0. The van der Waals surface area contributed by atoms with Gasteiger partial charge in [-0.3, -0.25) is 9.78 Å². The first kappa shape index (κ1) is 27.7. The van der Waals surface area contributed by atoms with E-state index in [4.69, 9.17) is 20.9 Å². The zero-order valence-electron chi connectivity index (χ0n) is 22.8. The number of fused-ring (bicyclic) bond motifs is 1. The van der Waals surface area contributed by atoms with Gasteiger partial charge >= 0.3 is 5.97 Å². The smallest absolute Gasteiger partial charge is 0.341 e. The van der Waals surface area contributed by atoms with Crippen LogP contribution in [0.4, 0.5) is 11.8 Å². The zero-order chi connectivity index (χ0) is 29.8. The molecule has 11 nitrogen and oxygen atoms in total. The van der Waals surface area contributed by atoms with Crippen LogP contribution in [0.15, 0.2) is 72.0 Å². The van der Waals surface area contributed by atoms with Gasteiger partial charge in [-0.05, 0) is 53.6 Å². The highest BCUT2D eigenvalue weighted by atomic mass is 16.5. The van der Waals surface area contributed by atoms with Crippen LogP contribution in [0.1, 0.15) is 38.2 Å². The standard InChI is InChI=1S/C31H26N6O5/c1-41-26-14-20(12-22-15-35-31(33)36-29(22)32)11-21(28(26)42-2)5-3-18-4-6-23-25(13-18)37(16-19-7-9-34-10-8-19)17-24(27(23)38)30(39)40/h4,6-11,13-15,17H,12,16H2,1-2H3,(H,39,40)(H4,32,33,35,36). The molecule has 0 saturated carbocycles. The number of carboxylic acids is 1. The van der Waals surface area contributed by atoms with E-state index in [1.54, 1.807) is 41.4 Å². The Morgan fingerprint density at radius 3 is 2.50 bits per heavy atom. The van der Waals surface area contributed by atoms with E-state index < -0.39 is 11.4 Å². The number of rotatable bonds is 7. The van der Waals surface area contributed by atoms with Crippen LogP contribution in [0.25, 0.3) is 10.9 Å². The van der Waals surface area contributed by atoms with Crippen LogP contribution in [-0.2, 0) is 13.0 Å². The van der Waals surface area contributed by atoms with Gasteiger partial charge in [0, 0.05) is 54.3 Å². The normalized spacial score (nSPS) is 10.6. The van der Waals surface area contributed by atoms with Crippen molar-refractivity contribution < 1.29 is 19.4 Å². The first-order valence-electron chi connectivity index (χ1n) is 12.7. The monoisotopic (exact) mass is 562 g/mol. The molecular formula is C31H26N6O5. The van der Waals surface area contributed by atoms with Crippen LogP contribution >= 0.6 is 0 Å². The molecule has 3 aromatic heterocycles. The molecule has 0 fully saturated rings. The summed E-state index contributed by atoms with van der Waals surface area (Å²) in [5.41, 5.74) is 14.9. The van der Waals surface area contributed by atoms with Gasteiger partial charge in [0.15, 0.2) is 11.5 Å². The van der Waals surface area contributed by atoms with E-state index in [1.165, 1.54) is 20.4 Å². The summed E-state index contributed by atoms with van der Waals surface area (Å²) in [4.78, 5) is 36.8. The van der Waals surface area contributed by atoms with Crippen LogP contribution in [0.3, 0.4) is 0 Å². The number of ether oxygens (including phenoxy) is 2. The molecule has 11 heteroatoms. The second-order valence-corrected chi connectivity index (χ2v) is 9.34. The van der Waals surface area contributed by atoms with Gasteiger partial charge in [0.2, 0.25) is 11.4 Å². The van der Waals surface area contributed by atoms with Gasteiger partial charge in [-0.1, -0.05) is 11.8 Å². The molecule has 2 aromatic carbocycles. The third kappa shape index (κ3) is 5.68. The summed E-state index contributed by atoms with van der Waals surface area (Å²) >= 11 is 0. The molecule has 42 heavy (non-hydrogen) atoms. The van der Waals surface area contributed by atoms with Gasteiger partial charge in [-0.2, -0.15) is 4.98 Å². The fourth-order valence-electron chi connectivity index (χ4n) is 4.58. The Hall–Kier alpha value is -5.89. The molecule has 210 valence electrons. The molecule has 0 aliphatic rings. The van der Waals surface area contributed by atoms with Gasteiger partial charge < -0.3 is 30.6 Å². The van der Waals surface area contributed by atoms with Crippen molar-refractivity contribution in [3.8, 4) is 23.3 Å². The Balaban J connectivity index is 1.59. The number of hydrogen-bond acceptors (Lipinski definition) is 9. The second-order valence-electron chi connectivity index (χ2n) is 9.34. The number of benzene rings is 2. The Morgan fingerprint density at radius 2 is 1.81 bits per heavy atom. The molecule has 3 heterocycles.